The quantitative estimate of drug-likeness (QED) is 0.632. The van der Waals surface area contributed by atoms with Gasteiger partial charge in [0.1, 0.15) is 11.8 Å². The predicted octanol–water partition coefficient (Wildman–Crippen LogP) is 2.28. The van der Waals surface area contributed by atoms with E-state index in [1.807, 2.05) is 13.0 Å². The van der Waals surface area contributed by atoms with Crippen molar-refractivity contribution in [3.63, 3.8) is 0 Å². The van der Waals surface area contributed by atoms with Crippen molar-refractivity contribution in [1.29, 1.82) is 5.26 Å². The molecule has 144 valence electrons. The van der Waals surface area contributed by atoms with Crippen LogP contribution in [0.25, 0.3) is 22.0 Å². The van der Waals surface area contributed by atoms with Gasteiger partial charge >= 0.3 is 0 Å². The number of carbonyl (C=O) groups excluding carboxylic acids is 1. The van der Waals surface area contributed by atoms with Gasteiger partial charge in [-0.15, -0.1) is 0 Å². The van der Waals surface area contributed by atoms with Gasteiger partial charge in [-0.3, -0.25) is 4.79 Å². The van der Waals surface area contributed by atoms with Crippen molar-refractivity contribution < 1.29 is 14.3 Å². The molecule has 0 atom stereocenters. The monoisotopic (exact) mass is 379 g/mol. The molecule has 0 spiro atoms. The molecule has 8 heteroatoms. The number of amides is 1. The van der Waals surface area contributed by atoms with Gasteiger partial charge in [-0.2, -0.15) is 10.4 Å². The number of nitriles is 1. The van der Waals surface area contributed by atoms with Gasteiger partial charge in [-0.05, 0) is 19.1 Å². The SMILES string of the molecule is CCOCCNC(=O)c1cc(-c2cnn(C)c2OC)c2cccc(C#N)c2n1. The van der Waals surface area contributed by atoms with Gasteiger partial charge in [0.25, 0.3) is 5.91 Å². The van der Waals surface area contributed by atoms with E-state index in [0.29, 0.717) is 36.7 Å². The van der Waals surface area contributed by atoms with Crippen LogP contribution in [0.5, 0.6) is 5.88 Å². The minimum atomic E-state index is -0.335. The van der Waals surface area contributed by atoms with Crippen molar-refractivity contribution in [3.05, 3.63) is 41.7 Å². The third kappa shape index (κ3) is 3.66. The van der Waals surface area contributed by atoms with Gasteiger partial charge in [-0.25, -0.2) is 9.67 Å². The van der Waals surface area contributed by atoms with Crippen LogP contribution in [0, 0.1) is 11.3 Å². The maximum absolute atomic E-state index is 12.6. The molecule has 0 saturated carbocycles. The van der Waals surface area contributed by atoms with Gasteiger partial charge in [0, 0.05) is 31.1 Å². The number of pyridine rings is 1. The van der Waals surface area contributed by atoms with Gasteiger partial charge in [0.05, 0.1) is 36.6 Å². The highest BCUT2D eigenvalue weighted by Crippen LogP contribution is 2.35. The summed E-state index contributed by atoms with van der Waals surface area (Å²) in [6, 6.07) is 9.16. The lowest BCUT2D eigenvalue weighted by molar-refractivity contribution is 0.0918. The molecule has 2 heterocycles. The van der Waals surface area contributed by atoms with Crippen molar-refractivity contribution in [2.45, 2.75) is 6.92 Å². The zero-order chi connectivity index (χ0) is 20.1. The van der Waals surface area contributed by atoms with E-state index in [4.69, 9.17) is 9.47 Å². The summed E-state index contributed by atoms with van der Waals surface area (Å²) >= 11 is 0. The van der Waals surface area contributed by atoms with Crippen LogP contribution in [0.3, 0.4) is 0 Å². The summed E-state index contributed by atoms with van der Waals surface area (Å²) in [4.78, 5) is 17.1. The Morgan fingerprint density at radius 3 is 2.89 bits per heavy atom. The number of ether oxygens (including phenoxy) is 2. The second-order valence-corrected chi connectivity index (χ2v) is 6.01. The molecule has 1 aromatic carbocycles. The van der Waals surface area contributed by atoms with Crippen molar-refractivity contribution in [3.8, 4) is 23.1 Å². The lowest BCUT2D eigenvalue weighted by Gasteiger charge is -2.11. The Hall–Kier alpha value is -3.44. The van der Waals surface area contributed by atoms with Crippen LogP contribution in [0.2, 0.25) is 0 Å². The van der Waals surface area contributed by atoms with Crippen molar-refractivity contribution >= 4 is 16.8 Å². The largest absolute Gasteiger partial charge is 0.481 e. The van der Waals surface area contributed by atoms with E-state index in [2.05, 4.69) is 21.5 Å². The average Bonchev–Trinajstić information content (AvgIpc) is 3.09. The molecule has 8 nitrogen and oxygen atoms in total. The Balaban J connectivity index is 2.14. The summed E-state index contributed by atoms with van der Waals surface area (Å²) < 4.78 is 12.3. The first-order valence-corrected chi connectivity index (χ1v) is 8.86. The fourth-order valence-electron chi connectivity index (χ4n) is 3.00. The molecule has 1 N–H and O–H groups in total. The molecule has 3 aromatic rings. The minimum absolute atomic E-state index is 0.215. The standard InChI is InChI=1S/C20H21N5O3/c1-4-28-9-8-22-19(26)17-10-15(16-12-23-25(2)20(16)27-3)14-7-5-6-13(11-21)18(14)24-17/h5-7,10,12H,4,8-9H2,1-3H3,(H,22,26). The van der Waals surface area contributed by atoms with Crippen molar-refractivity contribution in [2.24, 2.45) is 7.05 Å². The molecule has 0 saturated heterocycles. The number of carbonyl (C=O) groups is 1. The molecule has 0 fully saturated rings. The van der Waals surface area contributed by atoms with E-state index in [-0.39, 0.29) is 11.6 Å². The highest BCUT2D eigenvalue weighted by Gasteiger charge is 2.19. The number of hydrogen-bond acceptors (Lipinski definition) is 6. The average molecular weight is 379 g/mol. The number of rotatable bonds is 7. The zero-order valence-electron chi connectivity index (χ0n) is 16.0. The van der Waals surface area contributed by atoms with Crippen molar-refractivity contribution in [2.75, 3.05) is 26.9 Å². The first-order chi connectivity index (χ1) is 13.6. The molecule has 0 aliphatic carbocycles. The molecule has 1 amide bonds. The first-order valence-electron chi connectivity index (χ1n) is 8.86. The highest BCUT2D eigenvalue weighted by atomic mass is 16.5. The van der Waals surface area contributed by atoms with E-state index < -0.39 is 0 Å². The van der Waals surface area contributed by atoms with Crippen LogP contribution in [0.1, 0.15) is 23.0 Å². The van der Waals surface area contributed by atoms with Crippen molar-refractivity contribution in [1.82, 2.24) is 20.1 Å². The fourth-order valence-corrected chi connectivity index (χ4v) is 3.00. The predicted molar refractivity (Wildman–Crippen MR) is 104 cm³/mol. The normalized spacial score (nSPS) is 10.6. The Bertz CT molecular complexity index is 1050. The number of nitrogens with one attached hydrogen (secondary N) is 1. The Morgan fingerprint density at radius 1 is 1.36 bits per heavy atom. The molecule has 0 aliphatic heterocycles. The van der Waals surface area contributed by atoms with Gasteiger partial charge in [0.15, 0.2) is 0 Å². The first kappa shape index (κ1) is 19.3. The number of hydrogen-bond donors (Lipinski definition) is 1. The lowest BCUT2D eigenvalue weighted by atomic mass is 10.00. The lowest BCUT2D eigenvalue weighted by Crippen LogP contribution is -2.28. The molecule has 3 rings (SSSR count). The molecule has 0 bridgehead atoms. The Morgan fingerprint density at radius 2 is 2.18 bits per heavy atom. The zero-order valence-corrected chi connectivity index (χ0v) is 16.0. The number of aromatic nitrogens is 3. The molecular formula is C20H21N5O3. The summed E-state index contributed by atoms with van der Waals surface area (Å²) in [5.41, 5.74) is 2.51. The molecule has 0 radical (unpaired) electrons. The summed E-state index contributed by atoms with van der Waals surface area (Å²) in [6.07, 6.45) is 1.67. The minimum Gasteiger partial charge on any atom is -0.481 e. The van der Waals surface area contributed by atoms with Crippen LogP contribution < -0.4 is 10.1 Å². The number of aryl methyl sites for hydroxylation is 1. The summed E-state index contributed by atoms with van der Waals surface area (Å²) in [5.74, 6) is 0.219. The van der Waals surface area contributed by atoms with E-state index in [9.17, 15) is 10.1 Å². The number of para-hydroxylation sites is 1. The summed E-state index contributed by atoms with van der Waals surface area (Å²) in [5, 5.41) is 17.3. The number of fused-ring (bicyclic) bond motifs is 1. The Labute approximate surface area is 162 Å². The fraction of sp³-hybridized carbons (Fsp3) is 0.300. The molecular weight excluding hydrogens is 358 g/mol. The molecule has 0 unspecified atom stereocenters. The second kappa shape index (κ2) is 8.50. The van der Waals surface area contributed by atoms with E-state index in [1.165, 1.54) is 0 Å². The van der Waals surface area contributed by atoms with E-state index >= 15 is 0 Å². The topological polar surface area (TPSA) is 102 Å². The van der Waals surface area contributed by atoms with E-state index in [1.54, 1.807) is 43.2 Å². The Kier molecular flexibility index (Phi) is 5.87. The molecule has 2 aromatic heterocycles. The van der Waals surface area contributed by atoms with Crippen LogP contribution >= 0.6 is 0 Å². The van der Waals surface area contributed by atoms with Crippen LogP contribution in [0.4, 0.5) is 0 Å². The van der Waals surface area contributed by atoms with Gasteiger partial charge in [-0.1, -0.05) is 12.1 Å². The van der Waals surface area contributed by atoms with Crippen LogP contribution in [0.15, 0.2) is 30.5 Å². The summed E-state index contributed by atoms with van der Waals surface area (Å²) in [7, 11) is 3.33. The van der Waals surface area contributed by atoms with Crippen LogP contribution in [-0.4, -0.2) is 47.5 Å². The van der Waals surface area contributed by atoms with Crippen LogP contribution in [-0.2, 0) is 11.8 Å². The second-order valence-electron chi connectivity index (χ2n) is 6.01. The highest BCUT2D eigenvalue weighted by molar-refractivity contribution is 6.03. The smallest absolute Gasteiger partial charge is 0.270 e. The van der Waals surface area contributed by atoms with Gasteiger partial charge in [0.2, 0.25) is 5.88 Å². The number of nitrogens with zero attached hydrogens (tertiary/aromatic N) is 4. The third-order valence-corrected chi connectivity index (χ3v) is 4.30. The number of benzene rings is 1. The number of methoxy groups -OCH3 is 1. The maximum Gasteiger partial charge on any atom is 0.270 e. The molecule has 28 heavy (non-hydrogen) atoms. The van der Waals surface area contributed by atoms with Gasteiger partial charge < -0.3 is 14.8 Å². The maximum atomic E-state index is 12.6. The van der Waals surface area contributed by atoms with E-state index in [0.717, 1.165) is 16.5 Å². The third-order valence-electron chi connectivity index (χ3n) is 4.30. The molecule has 0 aliphatic rings. The summed E-state index contributed by atoms with van der Waals surface area (Å²) in [6.45, 7) is 3.27.